The Morgan fingerprint density at radius 1 is 1.00 bits per heavy atom. The van der Waals surface area contributed by atoms with Crippen molar-refractivity contribution in [1.29, 1.82) is 0 Å². The van der Waals surface area contributed by atoms with Crippen LogP contribution < -0.4 is 10.1 Å². The van der Waals surface area contributed by atoms with Crippen LogP contribution in [-0.4, -0.2) is 15.9 Å². The number of rotatable bonds is 6. The van der Waals surface area contributed by atoms with Crippen LogP contribution in [0.3, 0.4) is 0 Å². The highest BCUT2D eigenvalue weighted by molar-refractivity contribution is 5.65. The molecular weight excluding hydrogens is 326 g/mol. The first-order chi connectivity index (χ1) is 12.8. The molecule has 128 valence electrons. The predicted molar refractivity (Wildman–Crippen MR) is 101 cm³/mol. The molecule has 2 aromatic carbocycles. The number of anilines is 1. The van der Waals surface area contributed by atoms with Crippen molar-refractivity contribution in [3.8, 4) is 17.0 Å². The van der Waals surface area contributed by atoms with Crippen molar-refractivity contribution < 1.29 is 9.53 Å². The Kier molecular flexibility index (Phi) is 4.35. The van der Waals surface area contributed by atoms with Crippen molar-refractivity contribution in [2.24, 2.45) is 0 Å². The van der Waals surface area contributed by atoms with E-state index in [4.69, 9.17) is 4.74 Å². The van der Waals surface area contributed by atoms with Crippen molar-refractivity contribution in [1.82, 2.24) is 9.38 Å². The first-order valence-electron chi connectivity index (χ1n) is 8.30. The van der Waals surface area contributed by atoms with E-state index in [-0.39, 0.29) is 0 Å². The molecule has 0 aliphatic rings. The van der Waals surface area contributed by atoms with Gasteiger partial charge < -0.3 is 10.1 Å². The zero-order valence-electron chi connectivity index (χ0n) is 14.0. The number of imidazole rings is 1. The van der Waals surface area contributed by atoms with E-state index in [0.29, 0.717) is 18.9 Å². The van der Waals surface area contributed by atoms with E-state index in [2.05, 4.69) is 40.6 Å². The lowest BCUT2D eigenvalue weighted by atomic mass is 10.0. The van der Waals surface area contributed by atoms with Gasteiger partial charge in [-0.25, -0.2) is 4.98 Å². The highest BCUT2D eigenvalue weighted by atomic mass is 16.5. The maximum atomic E-state index is 10.9. The molecule has 0 saturated heterocycles. The van der Waals surface area contributed by atoms with Gasteiger partial charge >= 0.3 is 0 Å². The van der Waals surface area contributed by atoms with Crippen LogP contribution in [0.15, 0.2) is 79.1 Å². The second kappa shape index (κ2) is 7.11. The predicted octanol–water partition coefficient (Wildman–Crippen LogP) is 4.15. The van der Waals surface area contributed by atoms with Gasteiger partial charge in [-0.15, -0.1) is 0 Å². The molecular formula is C21H17N3O2. The summed E-state index contributed by atoms with van der Waals surface area (Å²) in [6.07, 6.45) is 3.43. The number of fused-ring (bicyclic) bond motifs is 1. The van der Waals surface area contributed by atoms with E-state index < -0.39 is 0 Å². The third kappa shape index (κ3) is 3.15. The largest absolute Gasteiger partial charge is 0.409 e. The number of carbonyl (C=O) groups excluding carboxylic acids is 1. The first-order valence-corrected chi connectivity index (χ1v) is 8.30. The number of ether oxygens (including phenoxy) is 1. The number of carbonyl (C=O) groups is 1. The van der Waals surface area contributed by atoms with Crippen LogP contribution in [0.5, 0.6) is 5.88 Å². The van der Waals surface area contributed by atoms with Crippen LogP contribution in [0.1, 0.15) is 5.56 Å². The van der Waals surface area contributed by atoms with Crippen molar-refractivity contribution in [2.45, 2.75) is 6.54 Å². The van der Waals surface area contributed by atoms with Crippen LogP contribution in [0.2, 0.25) is 0 Å². The Balaban J connectivity index is 1.59. The molecule has 0 radical (unpaired) electrons. The molecule has 0 fully saturated rings. The van der Waals surface area contributed by atoms with Gasteiger partial charge in [0, 0.05) is 18.9 Å². The third-order valence-electron chi connectivity index (χ3n) is 4.19. The summed E-state index contributed by atoms with van der Waals surface area (Å²) < 4.78 is 6.90. The monoisotopic (exact) mass is 343 g/mol. The van der Waals surface area contributed by atoms with E-state index in [1.54, 1.807) is 16.8 Å². The fraction of sp³-hybridized carbons (Fsp3) is 0.0476. The lowest BCUT2D eigenvalue weighted by molar-refractivity contribution is -0.120. The van der Waals surface area contributed by atoms with E-state index >= 15 is 0 Å². The number of nitrogens with zero attached hydrogens (tertiary/aromatic N) is 2. The summed E-state index contributed by atoms with van der Waals surface area (Å²) in [5.41, 5.74) is 4.93. The normalized spacial score (nSPS) is 10.6. The zero-order valence-corrected chi connectivity index (χ0v) is 14.0. The summed E-state index contributed by atoms with van der Waals surface area (Å²) in [6, 6.07) is 22.4. The lowest BCUT2D eigenvalue weighted by Gasteiger charge is -2.12. The molecule has 0 spiro atoms. The Morgan fingerprint density at radius 3 is 2.69 bits per heavy atom. The van der Waals surface area contributed by atoms with E-state index in [1.165, 1.54) is 11.1 Å². The first kappa shape index (κ1) is 15.9. The van der Waals surface area contributed by atoms with Crippen LogP contribution in [-0.2, 0) is 11.3 Å². The van der Waals surface area contributed by atoms with Gasteiger partial charge in [0.15, 0.2) is 0 Å². The van der Waals surface area contributed by atoms with Gasteiger partial charge in [-0.05, 0) is 34.9 Å². The van der Waals surface area contributed by atoms with Gasteiger partial charge in [0.25, 0.3) is 6.47 Å². The highest BCUT2D eigenvalue weighted by Crippen LogP contribution is 2.26. The highest BCUT2D eigenvalue weighted by Gasteiger charge is 2.09. The third-order valence-corrected chi connectivity index (χ3v) is 4.19. The molecule has 0 bridgehead atoms. The number of nitrogens with one attached hydrogen (secondary N) is 1. The number of benzene rings is 2. The van der Waals surface area contributed by atoms with E-state index in [1.807, 2.05) is 36.4 Å². The molecule has 4 rings (SSSR count). The number of pyridine rings is 1. The smallest absolute Gasteiger partial charge is 0.299 e. The topological polar surface area (TPSA) is 55.6 Å². The molecule has 0 saturated carbocycles. The molecule has 0 aliphatic heterocycles. The molecule has 1 N–H and O–H groups in total. The van der Waals surface area contributed by atoms with Gasteiger partial charge in [0.2, 0.25) is 5.88 Å². The molecule has 2 aromatic heterocycles. The summed E-state index contributed by atoms with van der Waals surface area (Å²) in [5.74, 6) is 0.425. The van der Waals surface area contributed by atoms with Crippen molar-refractivity contribution >= 4 is 17.8 Å². The van der Waals surface area contributed by atoms with E-state index in [0.717, 1.165) is 16.9 Å². The number of hydrogen-bond donors (Lipinski definition) is 1. The second-order valence-electron chi connectivity index (χ2n) is 5.84. The number of aromatic nitrogens is 2. The fourth-order valence-electron chi connectivity index (χ4n) is 2.96. The average molecular weight is 343 g/mol. The molecule has 4 aromatic rings. The van der Waals surface area contributed by atoms with Crippen LogP contribution >= 0.6 is 0 Å². The summed E-state index contributed by atoms with van der Waals surface area (Å²) in [6.45, 7) is 1.03. The molecule has 0 aliphatic carbocycles. The van der Waals surface area contributed by atoms with Gasteiger partial charge in [0.05, 0.1) is 5.69 Å². The summed E-state index contributed by atoms with van der Waals surface area (Å²) >= 11 is 0. The minimum Gasteiger partial charge on any atom is -0.409 e. The van der Waals surface area contributed by atoms with Crippen molar-refractivity contribution in [3.05, 3.63) is 84.7 Å². The van der Waals surface area contributed by atoms with Gasteiger partial charge in [-0.2, -0.15) is 0 Å². The lowest BCUT2D eigenvalue weighted by Crippen LogP contribution is -2.05. The van der Waals surface area contributed by atoms with Gasteiger partial charge in [-0.3, -0.25) is 9.20 Å². The molecule has 5 nitrogen and oxygen atoms in total. The van der Waals surface area contributed by atoms with Crippen LogP contribution in [0.4, 0.5) is 5.69 Å². The second-order valence-corrected chi connectivity index (χ2v) is 5.84. The van der Waals surface area contributed by atoms with E-state index in [9.17, 15) is 4.79 Å². The number of hydrogen-bond acceptors (Lipinski definition) is 4. The summed E-state index contributed by atoms with van der Waals surface area (Å²) in [7, 11) is 0. The van der Waals surface area contributed by atoms with Gasteiger partial charge in [-0.1, -0.05) is 48.5 Å². The molecule has 2 heterocycles. The van der Waals surface area contributed by atoms with Gasteiger partial charge in [0.1, 0.15) is 5.65 Å². The molecule has 0 atom stereocenters. The Labute approximate surface area is 150 Å². The van der Waals surface area contributed by atoms with Crippen LogP contribution in [0.25, 0.3) is 16.8 Å². The summed E-state index contributed by atoms with van der Waals surface area (Å²) in [4.78, 5) is 15.1. The molecule has 26 heavy (non-hydrogen) atoms. The Hall–Kier alpha value is -3.60. The SMILES string of the molecule is O=COc1c(NCc2cccc(-c3ccccc3)c2)ccc2nccn12. The Bertz CT molecular complexity index is 1040. The average Bonchev–Trinajstić information content (AvgIpc) is 3.17. The zero-order chi connectivity index (χ0) is 17.8. The molecule has 0 amide bonds. The summed E-state index contributed by atoms with van der Waals surface area (Å²) in [5, 5.41) is 3.34. The Morgan fingerprint density at radius 2 is 1.85 bits per heavy atom. The minimum atomic E-state index is 0.425. The van der Waals surface area contributed by atoms with Crippen molar-refractivity contribution in [2.75, 3.05) is 5.32 Å². The van der Waals surface area contributed by atoms with Crippen LogP contribution in [0, 0.1) is 0 Å². The fourth-order valence-corrected chi connectivity index (χ4v) is 2.96. The molecule has 0 unspecified atom stereocenters. The maximum absolute atomic E-state index is 10.9. The van der Waals surface area contributed by atoms with Crippen molar-refractivity contribution in [3.63, 3.8) is 0 Å². The standard InChI is InChI=1S/C21H17N3O2/c25-15-26-21-19(9-10-20-22-11-12-24(20)21)23-14-16-5-4-8-18(13-16)17-6-2-1-3-7-17/h1-13,15,23H,14H2. The molecule has 5 heteroatoms. The quantitative estimate of drug-likeness (QED) is 0.534. The maximum Gasteiger partial charge on any atom is 0.299 e. The minimum absolute atomic E-state index is 0.425.